The summed E-state index contributed by atoms with van der Waals surface area (Å²) in [5, 5.41) is 3.48. The molecule has 4 rings (SSSR count). The number of ether oxygens (including phenoxy) is 1. The monoisotopic (exact) mass is 417 g/mol. The maximum Gasteiger partial charge on any atom is 0.311 e. The molecule has 3 aromatic rings. The fourth-order valence-electron chi connectivity index (χ4n) is 5.12. The molecule has 0 radical (unpaired) electrons. The molecule has 0 bridgehead atoms. The molecule has 2 heterocycles. The molecular formula is C27H33N2O2+. The summed E-state index contributed by atoms with van der Waals surface area (Å²) in [6.07, 6.45) is 5.29. The van der Waals surface area contributed by atoms with Crippen LogP contribution in [0.2, 0.25) is 0 Å². The summed E-state index contributed by atoms with van der Waals surface area (Å²) >= 11 is 0. The molecule has 1 saturated heterocycles. The van der Waals surface area contributed by atoms with Crippen LogP contribution in [0.1, 0.15) is 50.3 Å². The van der Waals surface area contributed by atoms with E-state index in [2.05, 4.69) is 30.2 Å². The van der Waals surface area contributed by atoms with E-state index in [4.69, 9.17) is 4.74 Å². The van der Waals surface area contributed by atoms with Crippen molar-refractivity contribution in [2.75, 3.05) is 6.54 Å². The van der Waals surface area contributed by atoms with Gasteiger partial charge in [-0.15, -0.1) is 0 Å². The number of fused-ring (bicyclic) bond motifs is 1. The molecule has 2 aromatic carbocycles. The van der Waals surface area contributed by atoms with E-state index >= 15 is 0 Å². The summed E-state index contributed by atoms with van der Waals surface area (Å²) in [6.45, 7) is 5.67. The molecular weight excluding hydrogens is 384 g/mol. The first-order valence-corrected chi connectivity index (χ1v) is 11.6. The molecule has 1 fully saturated rings. The number of para-hydroxylation sites is 1. The highest BCUT2D eigenvalue weighted by molar-refractivity contribution is 5.83. The largest absolute Gasteiger partial charge is 0.451 e. The third-order valence-electron chi connectivity index (χ3n) is 6.86. The Balaban J connectivity index is 1.64. The number of rotatable bonds is 7. The minimum Gasteiger partial charge on any atom is -0.451 e. The van der Waals surface area contributed by atoms with Crippen LogP contribution in [0.25, 0.3) is 10.9 Å². The molecule has 0 aliphatic carbocycles. The Bertz CT molecular complexity index is 999. The van der Waals surface area contributed by atoms with E-state index in [0.717, 1.165) is 40.9 Å². The van der Waals surface area contributed by atoms with Gasteiger partial charge in [0.15, 0.2) is 6.10 Å². The zero-order valence-electron chi connectivity index (χ0n) is 18.5. The van der Waals surface area contributed by atoms with Crippen LogP contribution < -0.4 is 5.32 Å². The van der Waals surface area contributed by atoms with Crippen LogP contribution in [-0.2, 0) is 16.0 Å². The first-order valence-electron chi connectivity index (χ1n) is 11.6. The van der Waals surface area contributed by atoms with E-state index in [9.17, 15) is 4.79 Å². The quantitative estimate of drug-likeness (QED) is 0.578. The van der Waals surface area contributed by atoms with Gasteiger partial charge < -0.3 is 10.1 Å². The predicted octanol–water partition coefficient (Wildman–Crippen LogP) is 4.45. The highest BCUT2D eigenvalue weighted by Crippen LogP contribution is 2.34. The van der Waals surface area contributed by atoms with E-state index in [0.29, 0.717) is 12.3 Å². The molecule has 4 heteroatoms. The van der Waals surface area contributed by atoms with Crippen molar-refractivity contribution >= 4 is 16.9 Å². The van der Waals surface area contributed by atoms with E-state index in [1.807, 2.05) is 60.8 Å². The second kappa shape index (κ2) is 10.1. The Morgan fingerprint density at radius 3 is 2.55 bits per heavy atom. The molecule has 1 aliphatic rings. The van der Waals surface area contributed by atoms with Crippen molar-refractivity contribution in [2.24, 2.45) is 11.8 Å². The lowest BCUT2D eigenvalue weighted by molar-refractivity contribution is -0.714. The molecule has 0 saturated carbocycles. The smallest absolute Gasteiger partial charge is 0.311 e. The number of esters is 1. The molecule has 2 N–H and O–H groups in total. The lowest BCUT2D eigenvalue weighted by Gasteiger charge is -2.37. The zero-order valence-corrected chi connectivity index (χ0v) is 18.5. The Hall–Kier alpha value is -2.72. The number of quaternary nitrogens is 1. The molecule has 1 aromatic heterocycles. The average Bonchev–Trinajstić information content (AvgIpc) is 2.82. The van der Waals surface area contributed by atoms with Crippen molar-refractivity contribution in [3.05, 3.63) is 78.0 Å². The van der Waals surface area contributed by atoms with Crippen molar-refractivity contribution in [3.63, 3.8) is 0 Å². The summed E-state index contributed by atoms with van der Waals surface area (Å²) in [6, 6.07) is 20.2. The van der Waals surface area contributed by atoms with Gasteiger partial charge in [0.1, 0.15) is 6.04 Å². The Morgan fingerprint density at radius 1 is 1.03 bits per heavy atom. The lowest BCUT2D eigenvalue weighted by atomic mass is 9.77. The van der Waals surface area contributed by atoms with Crippen LogP contribution in [0.4, 0.5) is 0 Å². The van der Waals surface area contributed by atoms with Crippen LogP contribution in [0.15, 0.2) is 66.9 Å². The van der Waals surface area contributed by atoms with Crippen molar-refractivity contribution in [2.45, 2.75) is 51.7 Å². The van der Waals surface area contributed by atoms with Crippen LogP contribution in [0.3, 0.4) is 0 Å². The summed E-state index contributed by atoms with van der Waals surface area (Å²) < 4.78 is 6.25. The van der Waals surface area contributed by atoms with Crippen LogP contribution >= 0.6 is 0 Å². The minimum atomic E-state index is -0.282. The van der Waals surface area contributed by atoms with E-state index in [1.165, 1.54) is 12.8 Å². The molecule has 0 unspecified atom stereocenters. The van der Waals surface area contributed by atoms with Gasteiger partial charge in [0.25, 0.3) is 0 Å². The molecule has 1 aliphatic heterocycles. The molecule has 162 valence electrons. The van der Waals surface area contributed by atoms with Crippen molar-refractivity contribution in [1.29, 1.82) is 0 Å². The summed E-state index contributed by atoms with van der Waals surface area (Å²) in [4.78, 5) is 17.5. The number of hydrogen-bond acceptors (Lipinski definition) is 3. The SMILES string of the molecule is CC[C@H]1C[NH2+][C@@H]([C@@H](OC(=O)Cc2ccccc2)c2ccnc3ccccc23)C[C@@H]1CC. The molecule has 0 spiro atoms. The molecule has 31 heavy (non-hydrogen) atoms. The predicted molar refractivity (Wildman–Crippen MR) is 123 cm³/mol. The fraction of sp³-hybridized carbons (Fsp3) is 0.407. The van der Waals surface area contributed by atoms with Gasteiger partial charge in [0, 0.05) is 29.5 Å². The van der Waals surface area contributed by atoms with Gasteiger partial charge in [-0.2, -0.15) is 0 Å². The number of nitrogens with two attached hydrogens (primary N) is 1. The Kier molecular flexibility index (Phi) is 6.98. The number of carbonyl (C=O) groups is 1. The second-order valence-corrected chi connectivity index (χ2v) is 8.70. The van der Waals surface area contributed by atoms with E-state index < -0.39 is 0 Å². The third kappa shape index (κ3) is 4.96. The van der Waals surface area contributed by atoms with Gasteiger partial charge >= 0.3 is 5.97 Å². The summed E-state index contributed by atoms with van der Waals surface area (Å²) in [5.41, 5.74) is 2.99. The van der Waals surface area contributed by atoms with Crippen molar-refractivity contribution in [1.82, 2.24) is 4.98 Å². The number of benzene rings is 2. The number of pyridine rings is 1. The van der Waals surface area contributed by atoms with Crippen LogP contribution in [0.5, 0.6) is 0 Å². The highest BCUT2D eigenvalue weighted by Gasteiger charge is 2.39. The maximum atomic E-state index is 13.0. The lowest BCUT2D eigenvalue weighted by Crippen LogP contribution is -2.94. The van der Waals surface area contributed by atoms with Crippen molar-refractivity contribution in [3.8, 4) is 0 Å². The van der Waals surface area contributed by atoms with Gasteiger partial charge in [-0.3, -0.25) is 9.78 Å². The first kappa shape index (κ1) is 21.5. The average molecular weight is 418 g/mol. The second-order valence-electron chi connectivity index (χ2n) is 8.70. The molecule has 4 nitrogen and oxygen atoms in total. The third-order valence-corrected chi connectivity index (χ3v) is 6.86. The van der Waals surface area contributed by atoms with E-state index in [-0.39, 0.29) is 18.1 Å². The highest BCUT2D eigenvalue weighted by atomic mass is 16.5. The van der Waals surface area contributed by atoms with Gasteiger partial charge in [0.05, 0.1) is 18.5 Å². The number of hydrogen-bond donors (Lipinski definition) is 1. The van der Waals surface area contributed by atoms with Gasteiger partial charge in [-0.1, -0.05) is 68.8 Å². The van der Waals surface area contributed by atoms with Crippen LogP contribution in [0, 0.1) is 11.8 Å². The first-order chi connectivity index (χ1) is 15.2. The number of aromatic nitrogens is 1. The van der Waals surface area contributed by atoms with Gasteiger partial charge in [0.2, 0.25) is 0 Å². The topological polar surface area (TPSA) is 55.8 Å². The molecule has 4 atom stereocenters. The van der Waals surface area contributed by atoms with Crippen molar-refractivity contribution < 1.29 is 14.8 Å². The Labute approximate surface area is 185 Å². The van der Waals surface area contributed by atoms with E-state index in [1.54, 1.807) is 0 Å². The summed E-state index contributed by atoms with van der Waals surface area (Å²) in [5.74, 6) is 1.23. The number of piperidine rings is 1. The zero-order chi connectivity index (χ0) is 21.6. The minimum absolute atomic E-state index is 0.170. The number of nitrogens with zero attached hydrogens (tertiary/aromatic N) is 1. The fourth-order valence-corrected chi connectivity index (χ4v) is 5.12. The maximum absolute atomic E-state index is 13.0. The normalized spacial score (nSPS) is 22.2. The number of carbonyl (C=O) groups excluding carboxylic acids is 1. The van der Waals surface area contributed by atoms with Gasteiger partial charge in [-0.05, 0) is 30.0 Å². The molecule has 0 amide bonds. The summed E-state index contributed by atoms with van der Waals surface area (Å²) in [7, 11) is 0. The Morgan fingerprint density at radius 2 is 1.77 bits per heavy atom. The van der Waals surface area contributed by atoms with Gasteiger partial charge in [-0.25, -0.2) is 0 Å². The van der Waals surface area contributed by atoms with Crippen LogP contribution in [-0.4, -0.2) is 23.5 Å². The standard InChI is InChI=1S/C27H32N2O2/c1-3-20-17-25(29-18-21(20)4-2)27(31-26(30)16-19-10-6-5-7-11-19)23-14-15-28-24-13-9-8-12-22(23)24/h5-15,20-21,25,27,29H,3-4,16-18H2,1-2H3/p+1/t20-,21-,25+,27-/m0/s1.